The zero-order valence-electron chi connectivity index (χ0n) is 27.5. The Morgan fingerprint density at radius 2 is 1.69 bits per heavy atom. The minimum Gasteiger partial charge on any atom is -0.389 e. The standard InChI is InChI=1S/C34H53N5O5S/c1-6-12-27(13-7-2)45-23-29(39-32(41)26-16-11-17-35-22-26)33(42)38-28(20-25-14-9-8-10-15-25)31(40)30(36-18-19-44-5)34(43)37-21-24(3)4/h8-11,14-17,22,24,27-31,36,40H,6-7,12-13,18-21,23H2,1-5H3,(H,37,43)(H,38,42)(H,39,41)/t28-,29?,30+,31+/m0/s1. The van der Waals surface area contributed by atoms with E-state index in [0.717, 1.165) is 31.2 Å². The van der Waals surface area contributed by atoms with Gasteiger partial charge in [-0.2, -0.15) is 11.8 Å². The summed E-state index contributed by atoms with van der Waals surface area (Å²) < 4.78 is 5.16. The van der Waals surface area contributed by atoms with Gasteiger partial charge < -0.3 is 31.1 Å². The Morgan fingerprint density at radius 3 is 2.29 bits per heavy atom. The van der Waals surface area contributed by atoms with Crippen molar-refractivity contribution in [2.24, 2.45) is 5.92 Å². The van der Waals surface area contributed by atoms with E-state index in [1.807, 2.05) is 44.2 Å². The molecule has 0 saturated heterocycles. The fourth-order valence-electron chi connectivity index (χ4n) is 4.85. The number of methoxy groups -OCH3 is 1. The second-order valence-electron chi connectivity index (χ2n) is 11.7. The van der Waals surface area contributed by atoms with Gasteiger partial charge >= 0.3 is 0 Å². The number of nitrogens with zero attached hydrogens (tertiary/aromatic N) is 1. The third kappa shape index (κ3) is 14.3. The normalized spacial score (nSPS) is 14.0. The Hall–Kier alpha value is -2.99. The zero-order valence-corrected chi connectivity index (χ0v) is 28.3. The van der Waals surface area contributed by atoms with Crippen molar-refractivity contribution in [3.63, 3.8) is 0 Å². The number of benzene rings is 1. The molecule has 0 radical (unpaired) electrons. The van der Waals surface area contributed by atoms with Crippen molar-refractivity contribution in [2.45, 2.75) is 89.3 Å². The van der Waals surface area contributed by atoms with Crippen LogP contribution in [-0.4, -0.2) is 89.9 Å². The van der Waals surface area contributed by atoms with E-state index in [1.165, 1.54) is 6.20 Å². The summed E-state index contributed by atoms with van der Waals surface area (Å²) in [6.07, 6.45) is 6.12. The highest BCUT2D eigenvalue weighted by Crippen LogP contribution is 2.22. The van der Waals surface area contributed by atoms with E-state index in [1.54, 1.807) is 37.2 Å². The lowest BCUT2D eigenvalue weighted by Crippen LogP contribution is -2.61. The molecule has 11 heteroatoms. The minimum absolute atomic E-state index is 0.219. The summed E-state index contributed by atoms with van der Waals surface area (Å²) in [6.45, 7) is 9.38. The maximum Gasteiger partial charge on any atom is 0.253 e. The van der Waals surface area contributed by atoms with E-state index in [2.05, 4.69) is 40.1 Å². The number of carbonyl (C=O) groups is 3. The molecule has 1 aromatic carbocycles. The van der Waals surface area contributed by atoms with Crippen molar-refractivity contribution < 1.29 is 24.2 Å². The van der Waals surface area contributed by atoms with Crippen LogP contribution in [0.5, 0.6) is 0 Å². The van der Waals surface area contributed by atoms with Crippen molar-refractivity contribution >= 4 is 29.5 Å². The number of thioether (sulfide) groups is 1. The van der Waals surface area contributed by atoms with Crippen LogP contribution in [0.15, 0.2) is 54.9 Å². The molecule has 0 aliphatic rings. The van der Waals surface area contributed by atoms with Gasteiger partial charge in [-0.3, -0.25) is 19.4 Å². The molecule has 1 heterocycles. The van der Waals surface area contributed by atoms with E-state index < -0.39 is 36.0 Å². The predicted octanol–water partition coefficient (Wildman–Crippen LogP) is 3.35. The van der Waals surface area contributed by atoms with Gasteiger partial charge in [-0.15, -0.1) is 0 Å². The van der Waals surface area contributed by atoms with Crippen LogP contribution in [0.4, 0.5) is 0 Å². The minimum atomic E-state index is -1.28. The molecule has 2 rings (SSSR count). The quantitative estimate of drug-likeness (QED) is 0.123. The third-order valence-corrected chi connectivity index (χ3v) is 8.75. The van der Waals surface area contributed by atoms with Gasteiger partial charge in [0.2, 0.25) is 11.8 Å². The fourth-order valence-corrected chi connectivity index (χ4v) is 6.35. The molecule has 0 aliphatic heterocycles. The van der Waals surface area contributed by atoms with Crippen molar-refractivity contribution in [3.05, 3.63) is 66.0 Å². The monoisotopic (exact) mass is 643 g/mol. The number of carbonyl (C=O) groups excluding carboxylic acids is 3. The van der Waals surface area contributed by atoms with Gasteiger partial charge in [0.15, 0.2) is 0 Å². The number of amides is 3. The summed E-state index contributed by atoms with van der Waals surface area (Å²) in [7, 11) is 1.56. The number of hydrogen-bond donors (Lipinski definition) is 5. The molecule has 1 unspecified atom stereocenters. The smallest absolute Gasteiger partial charge is 0.253 e. The van der Waals surface area contributed by atoms with Gasteiger partial charge in [-0.1, -0.05) is 70.9 Å². The van der Waals surface area contributed by atoms with Crippen LogP contribution in [0.2, 0.25) is 0 Å². The average Bonchev–Trinajstić information content (AvgIpc) is 3.04. The van der Waals surface area contributed by atoms with Crippen LogP contribution in [0, 0.1) is 5.92 Å². The van der Waals surface area contributed by atoms with Gasteiger partial charge in [0, 0.05) is 43.6 Å². The Balaban J connectivity index is 2.37. The molecular formula is C34H53N5O5S. The largest absolute Gasteiger partial charge is 0.389 e. The van der Waals surface area contributed by atoms with E-state index in [0.29, 0.717) is 36.3 Å². The van der Waals surface area contributed by atoms with Crippen molar-refractivity contribution in [1.29, 1.82) is 0 Å². The molecule has 0 fully saturated rings. The summed E-state index contributed by atoms with van der Waals surface area (Å²) in [5, 5.41) is 24.0. The maximum absolute atomic E-state index is 14.0. The molecule has 10 nitrogen and oxygen atoms in total. The van der Waals surface area contributed by atoms with Crippen LogP contribution < -0.4 is 21.3 Å². The summed E-state index contributed by atoms with van der Waals surface area (Å²) in [6, 6.07) is 10.1. The molecule has 0 spiro atoms. The van der Waals surface area contributed by atoms with E-state index >= 15 is 0 Å². The topological polar surface area (TPSA) is 142 Å². The SMILES string of the molecule is CCCC(CCC)SCC(NC(=O)c1cccnc1)C(=O)N[C@@H](Cc1ccccc1)[C@@H](O)[C@@H](NCCOC)C(=O)NCC(C)C. The van der Waals surface area contributed by atoms with Crippen LogP contribution in [0.25, 0.3) is 0 Å². The van der Waals surface area contributed by atoms with Gasteiger partial charge in [0.25, 0.3) is 5.91 Å². The third-order valence-electron chi connectivity index (χ3n) is 7.28. The Kier molecular flexibility index (Phi) is 18.4. The van der Waals surface area contributed by atoms with Crippen LogP contribution >= 0.6 is 11.8 Å². The lowest BCUT2D eigenvalue weighted by molar-refractivity contribution is -0.129. The van der Waals surface area contributed by atoms with Crippen molar-refractivity contribution in [3.8, 4) is 0 Å². The van der Waals surface area contributed by atoms with E-state index in [-0.39, 0.29) is 18.2 Å². The van der Waals surface area contributed by atoms with E-state index in [9.17, 15) is 19.5 Å². The molecule has 1 aromatic heterocycles. The van der Waals surface area contributed by atoms with Gasteiger partial charge in [0.05, 0.1) is 24.3 Å². The maximum atomic E-state index is 14.0. The highest BCUT2D eigenvalue weighted by atomic mass is 32.2. The van der Waals surface area contributed by atoms with Gasteiger partial charge in [0.1, 0.15) is 12.1 Å². The van der Waals surface area contributed by atoms with Crippen LogP contribution in [0.1, 0.15) is 69.3 Å². The van der Waals surface area contributed by atoms with Crippen LogP contribution in [-0.2, 0) is 20.7 Å². The molecule has 0 bridgehead atoms. The summed E-state index contributed by atoms with van der Waals surface area (Å²) in [4.78, 5) is 44.5. The number of rotatable bonds is 22. The first kappa shape index (κ1) is 38.2. The first-order valence-electron chi connectivity index (χ1n) is 16.0. The highest BCUT2D eigenvalue weighted by molar-refractivity contribution is 7.99. The number of aliphatic hydroxyl groups excluding tert-OH is 1. The van der Waals surface area contributed by atoms with Crippen molar-refractivity contribution in [1.82, 2.24) is 26.3 Å². The lowest BCUT2D eigenvalue weighted by Gasteiger charge is -2.32. The van der Waals surface area contributed by atoms with Gasteiger partial charge in [-0.05, 0) is 42.9 Å². The molecule has 4 atom stereocenters. The predicted molar refractivity (Wildman–Crippen MR) is 181 cm³/mol. The Labute approximate surface area is 273 Å². The Bertz CT molecular complexity index is 1120. The second-order valence-corrected chi connectivity index (χ2v) is 13.0. The molecule has 0 saturated carbocycles. The summed E-state index contributed by atoms with van der Waals surface area (Å²) in [5.41, 5.74) is 1.24. The molecule has 2 aromatic rings. The molecular weight excluding hydrogens is 590 g/mol. The molecule has 45 heavy (non-hydrogen) atoms. The molecule has 5 N–H and O–H groups in total. The fraction of sp³-hybridized carbons (Fsp3) is 0.588. The highest BCUT2D eigenvalue weighted by Gasteiger charge is 2.35. The Morgan fingerprint density at radius 1 is 0.978 bits per heavy atom. The summed E-state index contributed by atoms with van der Waals surface area (Å²) >= 11 is 1.67. The second kappa shape index (κ2) is 21.7. The molecule has 0 aliphatic carbocycles. The number of aromatic nitrogens is 1. The first-order valence-corrected chi connectivity index (χ1v) is 17.1. The number of nitrogens with one attached hydrogen (secondary N) is 4. The summed E-state index contributed by atoms with van der Waals surface area (Å²) in [5.74, 6) is -0.612. The number of ether oxygens (including phenoxy) is 1. The number of aliphatic hydroxyl groups is 1. The number of hydrogen-bond acceptors (Lipinski definition) is 8. The zero-order chi connectivity index (χ0) is 33.0. The number of pyridine rings is 1. The van der Waals surface area contributed by atoms with E-state index in [4.69, 9.17) is 4.74 Å². The molecule has 3 amide bonds. The van der Waals surface area contributed by atoms with Crippen LogP contribution in [0.3, 0.4) is 0 Å². The lowest BCUT2D eigenvalue weighted by atomic mass is 9.95. The van der Waals surface area contributed by atoms with Crippen molar-refractivity contribution in [2.75, 3.05) is 32.6 Å². The average molecular weight is 644 g/mol. The van der Waals surface area contributed by atoms with Gasteiger partial charge in [-0.25, -0.2) is 0 Å². The first-order chi connectivity index (χ1) is 21.7. The molecule has 250 valence electrons.